The Labute approximate surface area is 90.9 Å². The molecule has 0 fully saturated rings. The minimum Gasteiger partial charge on any atom is -0.497 e. The first-order valence-corrected chi connectivity index (χ1v) is 5.26. The molecular weight excluding hydrogens is 190 g/mol. The molecule has 84 valence electrons. The topological polar surface area (TPSA) is 55.5 Å². The Morgan fingerprint density at radius 2 is 2.20 bits per heavy atom. The van der Waals surface area contributed by atoms with E-state index in [1.807, 2.05) is 24.3 Å². The van der Waals surface area contributed by atoms with Gasteiger partial charge in [-0.25, -0.2) is 0 Å². The third kappa shape index (κ3) is 3.22. The van der Waals surface area contributed by atoms with Crippen LogP contribution in [0.3, 0.4) is 0 Å². The maximum atomic E-state index is 9.96. The van der Waals surface area contributed by atoms with Gasteiger partial charge in [0, 0.05) is 6.04 Å². The van der Waals surface area contributed by atoms with E-state index in [2.05, 4.69) is 6.92 Å². The summed E-state index contributed by atoms with van der Waals surface area (Å²) < 4.78 is 5.09. The van der Waals surface area contributed by atoms with E-state index in [0.717, 1.165) is 24.2 Å². The first kappa shape index (κ1) is 12.0. The number of rotatable bonds is 5. The highest BCUT2D eigenvalue weighted by molar-refractivity contribution is 5.30. The van der Waals surface area contributed by atoms with Gasteiger partial charge in [-0.2, -0.15) is 0 Å². The van der Waals surface area contributed by atoms with Crippen molar-refractivity contribution < 1.29 is 9.84 Å². The molecule has 3 heteroatoms. The van der Waals surface area contributed by atoms with Gasteiger partial charge in [-0.1, -0.05) is 25.5 Å². The van der Waals surface area contributed by atoms with Crippen LogP contribution in [0.2, 0.25) is 0 Å². The van der Waals surface area contributed by atoms with Crippen LogP contribution in [-0.4, -0.2) is 18.3 Å². The van der Waals surface area contributed by atoms with Crippen LogP contribution in [-0.2, 0) is 0 Å². The molecule has 0 saturated heterocycles. The summed E-state index contributed by atoms with van der Waals surface area (Å²) in [6.07, 6.45) is 1.18. The lowest BCUT2D eigenvalue weighted by Crippen LogP contribution is -2.28. The van der Waals surface area contributed by atoms with E-state index in [-0.39, 0.29) is 6.04 Å². The van der Waals surface area contributed by atoms with Crippen molar-refractivity contribution >= 4 is 0 Å². The highest BCUT2D eigenvalue weighted by Gasteiger charge is 2.16. The van der Waals surface area contributed by atoms with E-state index in [1.54, 1.807) is 7.11 Å². The predicted molar refractivity (Wildman–Crippen MR) is 60.8 cm³/mol. The summed E-state index contributed by atoms with van der Waals surface area (Å²) in [7, 11) is 1.61. The molecule has 0 aliphatic rings. The summed E-state index contributed by atoms with van der Waals surface area (Å²) in [5.74, 6) is 0.746. The average molecular weight is 209 g/mol. The van der Waals surface area contributed by atoms with Crippen LogP contribution in [0.15, 0.2) is 24.3 Å². The Morgan fingerprint density at radius 1 is 1.47 bits per heavy atom. The predicted octanol–water partition coefficient (Wildman–Crippen LogP) is 1.86. The van der Waals surface area contributed by atoms with Crippen molar-refractivity contribution in [2.45, 2.75) is 31.9 Å². The smallest absolute Gasteiger partial charge is 0.119 e. The van der Waals surface area contributed by atoms with Gasteiger partial charge in [0.1, 0.15) is 5.75 Å². The highest BCUT2D eigenvalue weighted by Crippen LogP contribution is 2.22. The molecule has 2 atom stereocenters. The van der Waals surface area contributed by atoms with E-state index in [0.29, 0.717) is 0 Å². The number of hydrogen-bond acceptors (Lipinski definition) is 3. The van der Waals surface area contributed by atoms with Gasteiger partial charge in [0.2, 0.25) is 0 Å². The first-order valence-electron chi connectivity index (χ1n) is 5.26. The van der Waals surface area contributed by atoms with E-state index < -0.39 is 6.10 Å². The molecule has 0 aromatic heterocycles. The standard InChI is InChI=1S/C12H19NO2/c1-3-5-11(13)12(14)9-6-4-7-10(8-9)15-2/h4,6-8,11-12,14H,3,5,13H2,1-2H3/t11-,12+/m0/s1. The summed E-state index contributed by atoms with van der Waals surface area (Å²) in [5.41, 5.74) is 6.68. The highest BCUT2D eigenvalue weighted by atomic mass is 16.5. The zero-order valence-electron chi connectivity index (χ0n) is 9.31. The lowest BCUT2D eigenvalue weighted by atomic mass is 9.99. The number of hydrogen-bond donors (Lipinski definition) is 2. The van der Waals surface area contributed by atoms with E-state index >= 15 is 0 Å². The SMILES string of the molecule is CCC[C@H](N)[C@H](O)c1cccc(OC)c1. The number of aliphatic hydroxyl groups is 1. The van der Waals surface area contributed by atoms with Crippen molar-refractivity contribution in [1.29, 1.82) is 0 Å². The second-order valence-corrected chi connectivity index (χ2v) is 3.67. The van der Waals surface area contributed by atoms with Crippen LogP contribution < -0.4 is 10.5 Å². The van der Waals surface area contributed by atoms with Crippen LogP contribution in [0.5, 0.6) is 5.75 Å². The Kier molecular flexibility index (Phi) is 4.59. The fourth-order valence-corrected chi connectivity index (χ4v) is 1.56. The molecule has 15 heavy (non-hydrogen) atoms. The Balaban J connectivity index is 2.76. The monoisotopic (exact) mass is 209 g/mol. The molecule has 0 unspecified atom stereocenters. The van der Waals surface area contributed by atoms with E-state index in [4.69, 9.17) is 10.5 Å². The third-order valence-corrected chi connectivity index (χ3v) is 2.46. The Hall–Kier alpha value is -1.06. The Morgan fingerprint density at radius 3 is 2.80 bits per heavy atom. The maximum absolute atomic E-state index is 9.96. The van der Waals surface area contributed by atoms with E-state index in [1.165, 1.54) is 0 Å². The number of nitrogens with two attached hydrogens (primary N) is 1. The van der Waals surface area contributed by atoms with Crippen LogP contribution in [0.4, 0.5) is 0 Å². The summed E-state index contributed by atoms with van der Waals surface area (Å²) in [5, 5.41) is 9.96. The Bertz CT molecular complexity index is 301. The van der Waals surface area contributed by atoms with Gasteiger partial charge >= 0.3 is 0 Å². The zero-order chi connectivity index (χ0) is 11.3. The van der Waals surface area contributed by atoms with Crippen molar-refractivity contribution in [1.82, 2.24) is 0 Å². The summed E-state index contributed by atoms with van der Waals surface area (Å²) in [6, 6.07) is 7.18. The lowest BCUT2D eigenvalue weighted by Gasteiger charge is -2.18. The maximum Gasteiger partial charge on any atom is 0.119 e. The lowest BCUT2D eigenvalue weighted by molar-refractivity contribution is 0.141. The molecule has 0 aliphatic heterocycles. The van der Waals surface area contributed by atoms with Gasteiger partial charge in [0.15, 0.2) is 0 Å². The molecule has 3 N–H and O–H groups in total. The molecule has 0 bridgehead atoms. The first-order chi connectivity index (χ1) is 7.19. The molecule has 1 aromatic carbocycles. The molecule has 0 aliphatic carbocycles. The van der Waals surface area contributed by atoms with Gasteiger partial charge in [-0.3, -0.25) is 0 Å². The second-order valence-electron chi connectivity index (χ2n) is 3.67. The van der Waals surface area contributed by atoms with Crippen LogP contribution in [0.25, 0.3) is 0 Å². The molecule has 0 amide bonds. The van der Waals surface area contributed by atoms with Crippen LogP contribution in [0, 0.1) is 0 Å². The zero-order valence-corrected chi connectivity index (χ0v) is 9.31. The normalized spacial score (nSPS) is 14.7. The molecule has 1 aromatic rings. The minimum atomic E-state index is -0.611. The molecule has 0 spiro atoms. The van der Waals surface area contributed by atoms with Gasteiger partial charge in [0.05, 0.1) is 13.2 Å². The second kappa shape index (κ2) is 5.73. The average Bonchev–Trinajstić information content (AvgIpc) is 2.28. The van der Waals surface area contributed by atoms with E-state index in [9.17, 15) is 5.11 Å². The molecule has 1 rings (SSSR count). The molecule has 0 radical (unpaired) electrons. The summed E-state index contributed by atoms with van der Waals surface area (Å²) in [4.78, 5) is 0. The van der Waals surface area contributed by atoms with Gasteiger partial charge in [-0.05, 0) is 24.1 Å². The number of methoxy groups -OCH3 is 1. The number of ether oxygens (including phenoxy) is 1. The van der Waals surface area contributed by atoms with Crippen LogP contribution in [0.1, 0.15) is 31.4 Å². The fraction of sp³-hybridized carbons (Fsp3) is 0.500. The molecular formula is C12H19NO2. The number of benzene rings is 1. The molecule has 0 heterocycles. The third-order valence-electron chi connectivity index (χ3n) is 2.46. The van der Waals surface area contributed by atoms with Gasteiger partial charge < -0.3 is 15.6 Å². The minimum absolute atomic E-state index is 0.206. The largest absolute Gasteiger partial charge is 0.497 e. The van der Waals surface area contributed by atoms with Crippen molar-refractivity contribution in [2.24, 2.45) is 5.73 Å². The summed E-state index contributed by atoms with van der Waals surface area (Å²) in [6.45, 7) is 2.05. The van der Waals surface area contributed by atoms with Crippen LogP contribution >= 0.6 is 0 Å². The molecule has 3 nitrogen and oxygen atoms in total. The van der Waals surface area contributed by atoms with Crippen molar-refractivity contribution in [2.75, 3.05) is 7.11 Å². The van der Waals surface area contributed by atoms with Gasteiger partial charge in [-0.15, -0.1) is 0 Å². The fourth-order valence-electron chi connectivity index (χ4n) is 1.56. The molecule has 0 saturated carbocycles. The summed E-state index contributed by atoms with van der Waals surface area (Å²) >= 11 is 0. The number of aliphatic hydroxyl groups excluding tert-OH is 1. The van der Waals surface area contributed by atoms with Crippen molar-refractivity contribution in [3.63, 3.8) is 0 Å². The quantitative estimate of drug-likeness (QED) is 0.778. The van der Waals surface area contributed by atoms with Crippen molar-refractivity contribution in [3.8, 4) is 5.75 Å². The van der Waals surface area contributed by atoms with Crippen molar-refractivity contribution in [3.05, 3.63) is 29.8 Å². The van der Waals surface area contributed by atoms with Gasteiger partial charge in [0.25, 0.3) is 0 Å².